The largest absolute Gasteiger partial charge is 0.477 e. The van der Waals surface area contributed by atoms with Gasteiger partial charge in [0.1, 0.15) is 6.10 Å². The predicted octanol–water partition coefficient (Wildman–Crippen LogP) is 0.415. The van der Waals surface area contributed by atoms with Crippen LogP contribution < -0.4 is 10.5 Å². The summed E-state index contributed by atoms with van der Waals surface area (Å²) in [4.78, 5) is 14.7. The molecule has 0 radical (unpaired) electrons. The number of amidine groups is 1. The lowest BCUT2D eigenvalue weighted by atomic mass is 10.2. The molecule has 1 aromatic rings. The van der Waals surface area contributed by atoms with Gasteiger partial charge >= 0.3 is 5.97 Å². The zero-order chi connectivity index (χ0) is 12.4. The Hall–Kier alpha value is -2.31. The summed E-state index contributed by atoms with van der Waals surface area (Å²) in [6, 6.07) is 2.66. The first-order valence-electron chi connectivity index (χ1n) is 5.00. The fourth-order valence-electron chi connectivity index (χ4n) is 1.24. The van der Waals surface area contributed by atoms with Crippen molar-refractivity contribution in [1.29, 1.82) is 0 Å². The Labute approximate surface area is 96.5 Å². The first-order valence-corrected chi connectivity index (χ1v) is 5.00. The van der Waals surface area contributed by atoms with E-state index in [0.717, 1.165) is 12.8 Å². The van der Waals surface area contributed by atoms with Crippen LogP contribution in [0.2, 0.25) is 0 Å². The van der Waals surface area contributed by atoms with Crippen molar-refractivity contribution in [2.75, 3.05) is 0 Å². The monoisotopic (exact) mass is 237 g/mol. The summed E-state index contributed by atoms with van der Waals surface area (Å²) in [7, 11) is 0. The van der Waals surface area contributed by atoms with Gasteiger partial charge in [-0.05, 0) is 18.9 Å². The smallest absolute Gasteiger partial charge is 0.354 e. The molecular weight excluding hydrogens is 226 g/mol. The van der Waals surface area contributed by atoms with Crippen LogP contribution in [-0.4, -0.2) is 33.2 Å². The minimum Gasteiger partial charge on any atom is -0.477 e. The quantitative estimate of drug-likeness (QED) is 0.302. The van der Waals surface area contributed by atoms with Crippen molar-refractivity contribution in [3.05, 3.63) is 23.4 Å². The molecular formula is C10H11N3O4. The summed E-state index contributed by atoms with van der Waals surface area (Å²) in [5, 5.41) is 20.2. The van der Waals surface area contributed by atoms with E-state index in [1.165, 1.54) is 12.1 Å². The molecule has 1 heterocycles. The maximum absolute atomic E-state index is 10.9. The molecule has 4 N–H and O–H groups in total. The van der Waals surface area contributed by atoms with Crippen molar-refractivity contribution in [1.82, 2.24) is 4.98 Å². The van der Waals surface area contributed by atoms with Crippen LogP contribution in [0.3, 0.4) is 0 Å². The van der Waals surface area contributed by atoms with Crippen molar-refractivity contribution in [3.8, 4) is 5.88 Å². The highest BCUT2D eigenvalue weighted by Gasteiger charge is 2.25. The summed E-state index contributed by atoms with van der Waals surface area (Å²) in [6.45, 7) is 0. The first-order chi connectivity index (χ1) is 8.10. The molecule has 0 amide bonds. The van der Waals surface area contributed by atoms with E-state index in [4.69, 9.17) is 20.8 Å². The summed E-state index contributed by atoms with van der Waals surface area (Å²) in [5.74, 6) is -1.21. The molecule has 1 saturated carbocycles. The van der Waals surface area contributed by atoms with E-state index < -0.39 is 5.97 Å². The summed E-state index contributed by atoms with van der Waals surface area (Å²) in [5.41, 5.74) is 5.46. The standard InChI is InChI=1S/C10H11N3O4/c11-9(13-16)5-3-7(10(14)15)12-8(4-5)17-6-1-2-6/h3-4,6,16H,1-2H2,(H2,11,13)(H,14,15). The van der Waals surface area contributed by atoms with Gasteiger partial charge in [0, 0.05) is 11.6 Å². The molecule has 0 unspecified atom stereocenters. The molecule has 0 aromatic carbocycles. The van der Waals surface area contributed by atoms with Crippen molar-refractivity contribution in [2.24, 2.45) is 10.9 Å². The van der Waals surface area contributed by atoms with E-state index in [1.54, 1.807) is 0 Å². The van der Waals surface area contributed by atoms with E-state index in [1.807, 2.05) is 0 Å². The van der Waals surface area contributed by atoms with Gasteiger partial charge in [0.15, 0.2) is 11.5 Å². The lowest BCUT2D eigenvalue weighted by Crippen LogP contribution is -2.15. The van der Waals surface area contributed by atoms with Gasteiger partial charge in [0.25, 0.3) is 0 Å². The molecule has 0 bridgehead atoms. The number of nitrogens with zero attached hydrogens (tertiary/aromatic N) is 2. The Morgan fingerprint density at radius 3 is 2.76 bits per heavy atom. The van der Waals surface area contributed by atoms with Gasteiger partial charge in [0.05, 0.1) is 0 Å². The number of carbonyl (C=O) groups is 1. The van der Waals surface area contributed by atoms with Gasteiger partial charge in [-0.25, -0.2) is 9.78 Å². The third kappa shape index (κ3) is 2.63. The van der Waals surface area contributed by atoms with E-state index in [0.29, 0.717) is 0 Å². The number of pyridine rings is 1. The van der Waals surface area contributed by atoms with Gasteiger partial charge in [-0.1, -0.05) is 5.16 Å². The van der Waals surface area contributed by atoms with Crippen molar-refractivity contribution >= 4 is 11.8 Å². The number of oxime groups is 1. The maximum atomic E-state index is 10.9. The van der Waals surface area contributed by atoms with Crippen molar-refractivity contribution < 1.29 is 19.8 Å². The van der Waals surface area contributed by atoms with Crippen LogP contribution >= 0.6 is 0 Å². The molecule has 17 heavy (non-hydrogen) atoms. The van der Waals surface area contributed by atoms with Gasteiger partial charge < -0.3 is 20.8 Å². The average Bonchev–Trinajstić information content (AvgIpc) is 3.11. The highest BCUT2D eigenvalue weighted by atomic mass is 16.5. The third-order valence-corrected chi connectivity index (χ3v) is 2.24. The predicted molar refractivity (Wildman–Crippen MR) is 57.4 cm³/mol. The first kappa shape index (κ1) is 11.2. The molecule has 1 aliphatic carbocycles. The van der Waals surface area contributed by atoms with Crippen LogP contribution in [0.25, 0.3) is 0 Å². The fraction of sp³-hybridized carbons (Fsp3) is 0.300. The van der Waals surface area contributed by atoms with E-state index in [2.05, 4.69) is 10.1 Å². The maximum Gasteiger partial charge on any atom is 0.354 e. The van der Waals surface area contributed by atoms with Crippen molar-refractivity contribution in [3.63, 3.8) is 0 Å². The molecule has 1 aromatic heterocycles. The zero-order valence-electron chi connectivity index (χ0n) is 8.83. The second-order valence-electron chi connectivity index (χ2n) is 3.69. The van der Waals surface area contributed by atoms with Gasteiger partial charge in [-0.15, -0.1) is 0 Å². The molecule has 0 atom stereocenters. The second kappa shape index (κ2) is 4.28. The highest BCUT2D eigenvalue weighted by molar-refractivity contribution is 5.99. The Balaban J connectivity index is 2.37. The van der Waals surface area contributed by atoms with E-state index in [9.17, 15) is 4.79 Å². The Kier molecular flexibility index (Phi) is 2.82. The molecule has 1 fully saturated rings. The number of aromatic nitrogens is 1. The van der Waals surface area contributed by atoms with Crippen LogP contribution in [0.4, 0.5) is 0 Å². The molecule has 2 rings (SSSR count). The third-order valence-electron chi connectivity index (χ3n) is 2.24. The van der Waals surface area contributed by atoms with Crippen molar-refractivity contribution in [2.45, 2.75) is 18.9 Å². The van der Waals surface area contributed by atoms with Crippen LogP contribution in [0.1, 0.15) is 28.9 Å². The SMILES string of the molecule is N/C(=N\O)c1cc(OC2CC2)nc(C(=O)O)c1. The molecule has 7 heteroatoms. The molecule has 0 aliphatic heterocycles. The van der Waals surface area contributed by atoms with E-state index >= 15 is 0 Å². The molecule has 7 nitrogen and oxygen atoms in total. The lowest BCUT2D eigenvalue weighted by molar-refractivity contribution is 0.0689. The molecule has 0 saturated heterocycles. The number of hydrogen-bond acceptors (Lipinski definition) is 5. The topological polar surface area (TPSA) is 118 Å². The average molecular weight is 237 g/mol. The molecule has 0 spiro atoms. The number of rotatable bonds is 4. The number of ether oxygens (including phenoxy) is 1. The number of carboxylic acids is 1. The summed E-state index contributed by atoms with van der Waals surface area (Å²) < 4.78 is 5.38. The molecule has 1 aliphatic rings. The molecule has 90 valence electrons. The summed E-state index contributed by atoms with van der Waals surface area (Å²) in [6.07, 6.45) is 1.95. The summed E-state index contributed by atoms with van der Waals surface area (Å²) >= 11 is 0. The fourth-order valence-corrected chi connectivity index (χ4v) is 1.24. The second-order valence-corrected chi connectivity index (χ2v) is 3.69. The van der Waals surface area contributed by atoms with Crippen LogP contribution in [-0.2, 0) is 0 Å². The number of aromatic carboxylic acids is 1. The van der Waals surface area contributed by atoms with E-state index in [-0.39, 0.29) is 29.1 Å². The minimum atomic E-state index is -1.20. The number of nitrogens with two attached hydrogens (primary N) is 1. The van der Waals surface area contributed by atoms with Crippen LogP contribution in [0, 0.1) is 0 Å². The van der Waals surface area contributed by atoms with Crippen LogP contribution in [0.5, 0.6) is 5.88 Å². The lowest BCUT2D eigenvalue weighted by Gasteiger charge is -2.06. The van der Waals surface area contributed by atoms with Gasteiger partial charge in [-0.2, -0.15) is 0 Å². The number of carboxylic acid groups (broad SMARTS) is 1. The Morgan fingerprint density at radius 2 is 2.24 bits per heavy atom. The van der Waals surface area contributed by atoms with Gasteiger partial charge in [0.2, 0.25) is 5.88 Å². The Bertz CT molecular complexity index is 482. The zero-order valence-corrected chi connectivity index (χ0v) is 8.83. The highest BCUT2D eigenvalue weighted by Crippen LogP contribution is 2.26. The Morgan fingerprint density at radius 1 is 1.53 bits per heavy atom. The van der Waals surface area contributed by atoms with Gasteiger partial charge in [-0.3, -0.25) is 0 Å². The normalized spacial score (nSPS) is 15.6. The van der Waals surface area contributed by atoms with Crippen LogP contribution in [0.15, 0.2) is 17.3 Å². The number of hydrogen-bond donors (Lipinski definition) is 3. The minimum absolute atomic E-state index is 0.0895.